The molecule has 1 amide bonds. The molecule has 0 unspecified atom stereocenters. The van der Waals surface area contributed by atoms with E-state index in [1.54, 1.807) is 6.92 Å². The van der Waals surface area contributed by atoms with Gasteiger partial charge in [0.15, 0.2) is 6.10 Å². The van der Waals surface area contributed by atoms with Gasteiger partial charge in [0, 0.05) is 6.54 Å². The summed E-state index contributed by atoms with van der Waals surface area (Å²) in [6.07, 6.45) is -0.899. The van der Waals surface area contributed by atoms with Crippen LogP contribution >= 0.6 is 0 Å². The lowest BCUT2D eigenvalue weighted by Crippen LogP contribution is -2.35. The summed E-state index contributed by atoms with van der Waals surface area (Å²) in [6.45, 7) is 1.98. The van der Waals surface area contributed by atoms with Gasteiger partial charge in [-0.15, -0.1) is 0 Å². The number of amides is 1. The van der Waals surface area contributed by atoms with E-state index in [2.05, 4.69) is 11.4 Å². The van der Waals surface area contributed by atoms with E-state index >= 15 is 0 Å². The molecule has 1 atom stereocenters. The van der Waals surface area contributed by atoms with Crippen LogP contribution < -0.4 is 5.32 Å². The van der Waals surface area contributed by atoms with Crippen LogP contribution in [0.2, 0.25) is 0 Å². The van der Waals surface area contributed by atoms with Crippen molar-refractivity contribution >= 4 is 33.4 Å². The molecule has 0 aliphatic rings. The molecule has 4 heteroatoms. The average molecular weight is 383 g/mol. The molecule has 4 aromatic carbocycles. The highest BCUT2D eigenvalue weighted by Crippen LogP contribution is 2.29. The van der Waals surface area contributed by atoms with Gasteiger partial charge in [0.1, 0.15) is 0 Å². The zero-order chi connectivity index (χ0) is 20.2. The summed E-state index contributed by atoms with van der Waals surface area (Å²) >= 11 is 0. The van der Waals surface area contributed by atoms with Gasteiger partial charge in [-0.05, 0) is 40.1 Å². The van der Waals surface area contributed by atoms with E-state index < -0.39 is 12.1 Å². The molecule has 0 aromatic heterocycles. The van der Waals surface area contributed by atoms with Crippen LogP contribution in [0, 0.1) is 0 Å². The molecule has 0 saturated carbocycles. The fourth-order valence-corrected chi connectivity index (χ4v) is 3.44. The molecule has 1 N–H and O–H groups in total. The average Bonchev–Trinajstić information content (AvgIpc) is 2.76. The van der Waals surface area contributed by atoms with Gasteiger partial charge in [-0.3, -0.25) is 4.79 Å². The topological polar surface area (TPSA) is 55.4 Å². The fourth-order valence-electron chi connectivity index (χ4n) is 3.44. The molecule has 0 saturated heterocycles. The zero-order valence-electron chi connectivity index (χ0n) is 16.1. The summed E-state index contributed by atoms with van der Waals surface area (Å²) in [5.74, 6) is -0.827. The fraction of sp³-hybridized carbons (Fsp3) is 0.120. The minimum Gasteiger partial charge on any atom is -0.449 e. The van der Waals surface area contributed by atoms with Gasteiger partial charge in [-0.2, -0.15) is 0 Å². The van der Waals surface area contributed by atoms with Crippen LogP contribution in [-0.4, -0.2) is 18.0 Å². The van der Waals surface area contributed by atoms with Crippen LogP contribution in [0.25, 0.3) is 21.5 Å². The number of fused-ring (bicyclic) bond motifs is 2. The van der Waals surface area contributed by atoms with E-state index in [4.69, 9.17) is 4.74 Å². The normalized spacial score (nSPS) is 11.9. The van der Waals surface area contributed by atoms with Gasteiger partial charge in [0.2, 0.25) is 0 Å². The van der Waals surface area contributed by atoms with E-state index in [-0.39, 0.29) is 5.91 Å². The van der Waals surface area contributed by atoms with Crippen molar-refractivity contribution in [3.8, 4) is 0 Å². The van der Waals surface area contributed by atoms with Crippen molar-refractivity contribution in [3.63, 3.8) is 0 Å². The van der Waals surface area contributed by atoms with E-state index in [1.165, 1.54) is 0 Å². The van der Waals surface area contributed by atoms with E-state index in [1.807, 2.05) is 78.9 Å². The molecule has 144 valence electrons. The molecule has 0 bridgehead atoms. The summed E-state index contributed by atoms with van der Waals surface area (Å²) in [6, 6.07) is 27.1. The molecule has 0 aliphatic heterocycles. The first kappa shape index (κ1) is 18.7. The molecule has 0 aliphatic carbocycles. The van der Waals surface area contributed by atoms with Crippen molar-refractivity contribution in [1.82, 2.24) is 5.32 Å². The first-order valence-electron chi connectivity index (χ1n) is 9.56. The van der Waals surface area contributed by atoms with Crippen molar-refractivity contribution < 1.29 is 14.3 Å². The van der Waals surface area contributed by atoms with Crippen molar-refractivity contribution in [1.29, 1.82) is 0 Å². The van der Waals surface area contributed by atoms with Gasteiger partial charge in [-0.25, -0.2) is 4.79 Å². The molecule has 4 aromatic rings. The molecule has 0 fully saturated rings. The summed E-state index contributed by atoms with van der Waals surface area (Å²) in [5, 5.41) is 6.36. The highest BCUT2D eigenvalue weighted by atomic mass is 16.5. The monoisotopic (exact) mass is 383 g/mol. The van der Waals surface area contributed by atoms with E-state index in [0.29, 0.717) is 12.1 Å². The number of nitrogens with one attached hydrogen (secondary N) is 1. The number of hydrogen-bond donors (Lipinski definition) is 1. The molecular formula is C25H21NO3. The quantitative estimate of drug-likeness (QED) is 0.396. The maximum Gasteiger partial charge on any atom is 0.340 e. The number of benzene rings is 4. The Morgan fingerprint density at radius 3 is 2.00 bits per heavy atom. The summed E-state index contributed by atoms with van der Waals surface area (Å²) in [5.41, 5.74) is 1.47. The Morgan fingerprint density at radius 2 is 1.38 bits per heavy atom. The Kier molecular flexibility index (Phi) is 5.25. The van der Waals surface area contributed by atoms with Crippen molar-refractivity contribution in [2.75, 3.05) is 0 Å². The maximum absolute atomic E-state index is 13.1. The minimum atomic E-state index is -0.899. The first-order valence-corrected chi connectivity index (χ1v) is 9.56. The number of rotatable bonds is 5. The molecule has 4 rings (SSSR count). The number of hydrogen-bond acceptors (Lipinski definition) is 3. The Labute approximate surface area is 169 Å². The molecular weight excluding hydrogens is 362 g/mol. The highest BCUT2D eigenvalue weighted by Gasteiger charge is 2.22. The van der Waals surface area contributed by atoms with Gasteiger partial charge < -0.3 is 10.1 Å². The number of esters is 1. The Balaban J connectivity index is 1.57. The number of carbonyl (C=O) groups excluding carboxylic acids is 2. The third kappa shape index (κ3) is 3.97. The van der Waals surface area contributed by atoms with Gasteiger partial charge in [0.25, 0.3) is 5.91 Å². The van der Waals surface area contributed by atoms with E-state index in [9.17, 15) is 9.59 Å². The lowest BCUT2D eigenvalue weighted by atomic mass is 9.97. The maximum atomic E-state index is 13.1. The Hall–Kier alpha value is -3.66. The van der Waals surface area contributed by atoms with Gasteiger partial charge in [0.05, 0.1) is 5.56 Å². The Morgan fingerprint density at radius 1 is 0.828 bits per heavy atom. The second-order valence-electron chi connectivity index (χ2n) is 6.94. The largest absolute Gasteiger partial charge is 0.449 e. The Bertz CT molecular complexity index is 1130. The van der Waals surface area contributed by atoms with Crippen molar-refractivity contribution in [2.24, 2.45) is 0 Å². The van der Waals surface area contributed by atoms with Gasteiger partial charge >= 0.3 is 5.97 Å². The molecule has 4 nitrogen and oxygen atoms in total. The van der Waals surface area contributed by atoms with Crippen LogP contribution in [0.1, 0.15) is 22.8 Å². The number of ether oxygens (including phenoxy) is 1. The summed E-state index contributed by atoms with van der Waals surface area (Å²) in [4.78, 5) is 25.5. The molecule has 0 spiro atoms. The molecule has 29 heavy (non-hydrogen) atoms. The van der Waals surface area contributed by atoms with Crippen LogP contribution in [0.15, 0.2) is 84.9 Å². The second-order valence-corrected chi connectivity index (χ2v) is 6.94. The second kappa shape index (κ2) is 8.15. The van der Waals surface area contributed by atoms with Crippen LogP contribution in [-0.2, 0) is 16.1 Å². The summed E-state index contributed by atoms with van der Waals surface area (Å²) in [7, 11) is 0. The lowest BCUT2D eigenvalue weighted by Gasteiger charge is -2.16. The van der Waals surface area contributed by atoms with Crippen LogP contribution in [0.5, 0.6) is 0 Å². The predicted molar refractivity (Wildman–Crippen MR) is 115 cm³/mol. The van der Waals surface area contributed by atoms with Crippen molar-refractivity contribution in [2.45, 2.75) is 19.6 Å². The zero-order valence-corrected chi connectivity index (χ0v) is 16.1. The van der Waals surface area contributed by atoms with E-state index in [0.717, 1.165) is 27.1 Å². The SMILES string of the molecule is C[C@@H](OC(=O)c1c2ccccc2cc2ccccc12)C(=O)NCc1ccccc1. The third-order valence-corrected chi connectivity index (χ3v) is 4.94. The smallest absolute Gasteiger partial charge is 0.340 e. The first-order chi connectivity index (χ1) is 14.1. The highest BCUT2D eigenvalue weighted by molar-refractivity contribution is 6.16. The standard InChI is InChI=1S/C25H21NO3/c1-17(24(27)26-16-18-9-3-2-4-10-18)29-25(28)23-21-13-7-5-11-19(21)15-20-12-6-8-14-22(20)23/h2-15,17H,16H2,1H3,(H,26,27)/t17-/m1/s1. The molecule has 0 radical (unpaired) electrons. The predicted octanol–water partition coefficient (Wildman–Crippen LogP) is 4.85. The summed E-state index contributed by atoms with van der Waals surface area (Å²) < 4.78 is 5.55. The third-order valence-electron chi connectivity index (χ3n) is 4.94. The van der Waals surface area contributed by atoms with Crippen molar-refractivity contribution in [3.05, 3.63) is 96.1 Å². The van der Waals surface area contributed by atoms with Crippen LogP contribution in [0.4, 0.5) is 0 Å². The number of carbonyl (C=O) groups is 2. The van der Waals surface area contributed by atoms with Crippen LogP contribution in [0.3, 0.4) is 0 Å². The van der Waals surface area contributed by atoms with Gasteiger partial charge in [-0.1, -0.05) is 78.9 Å². The minimum absolute atomic E-state index is 0.327. The molecule has 0 heterocycles. The lowest BCUT2D eigenvalue weighted by molar-refractivity contribution is -0.129.